The number of aromatic nitrogens is 3. The molecule has 106 valence electrons. The molecule has 2 aromatic heterocycles. The Morgan fingerprint density at radius 2 is 2.40 bits per heavy atom. The molecule has 1 aliphatic heterocycles. The SMILES string of the molecule is Cc1nc(CC(=O)N2CC[C@@H](c3[nH]ncc3C)C2)cs1. The highest BCUT2D eigenvalue weighted by Gasteiger charge is 2.29. The predicted molar refractivity (Wildman–Crippen MR) is 77.8 cm³/mol. The first-order valence-corrected chi connectivity index (χ1v) is 7.70. The third-order valence-electron chi connectivity index (χ3n) is 3.82. The molecule has 5 nitrogen and oxygen atoms in total. The van der Waals surface area contributed by atoms with Gasteiger partial charge >= 0.3 is 0 Å². The number of rotatable bonds is 3. The van der Waals surface area contributed by atoms with Crippen molar-refractivity contribution in [1.29, 1.82) is 0 Å². The molecule has 0 radical (unpaired) electrons. The lowest BCUT2D eigenvalue weighted by Crippen LogP contribution is -2.30. The third kappa shape index (κ3) is 2.60. The van der Waals surface area contributed by atoms with Gasteiger partial charge in [-0.3, -0.25) is 9.89 Å². The Morgan fingerprint density at radius 3 is 3.05 bits per heavy atom. The van der Waals surface area contributed by atoms with Gasteiger partial charge in [-0.2, -0.15) is 5.10 Å². The summed E-state index contributed by atoms with van der Waals surface area (Å²) < 4.78 is 0. The Balaban J connectivity index is 1.62. The van der Waals surface area contributed by atoms with Crippen molar-refractivity contribution in [2.75, 3.05) is 13.1 Å². The predicted octanol–water partition coefficient (Wildman–Crippen LogP) is 2.04. The molecule has 3 heterocycles. The summed E-state index contributed by atoms with van der Waals surface area (Å²) in [6.45, 7) is 5.63. The minimum absolute atomic E-state index is 0.176. The lowest BCUT2D eigenvalue weighted by atomic mass is 10.0. The number of nitrogens with zero attached hydrogens (tertiary/aromatic N) is 3. The first-order valence-electron chi connectivity index (χ1n) is 6.82. The van der Waals surface area contributed by atoms with Crippen LogP contribution in [0.3, 0.4) is 0 Å². The average Bonchev–Trinajstić information content (AvgIpc) is 3.10. The summed E-state index contributed by atoms with van der Waals surface area (Å²) in [5.74, 6) is 0.564. The van der Waals surface area contributed by atoms with E-state index in [4.69, 9.17) is 0 Å². The molecular formula is C14H18N4OS. The number of H-pyrrole nitrogens is 1. The highest BCUT2D eigenvalue weighted by Crippen LogP contribution is 2.28. The summed E-state index contributed by atoms with van der Waals surface area (Å²) in [7, 11) is 0. The topological polar surface area (TPSA) is 61.9 Å². The van der Waals surface area contributed by atoms with Gasteiger partial charge in [0.25, 0.3) is 0 Å². The van der Waals surface area contributed by atoms with Crippen LogP contribution in [0.2, 0.25) is 0 Å². The van der Waals surface area contributed by atoms with Crippen LogP contribution >= 0.6 is 11.3 Å². The number of aryl methyl sites for hydroxylation is 2. The van der Waals surface area contributed by atoms with Crippen LogP contribution in [0.15, 0.2) is 11.6 Å². The van der Waals surface area contributed by atoms with Crippen molar-refractivity contribution in [3.63, 3.8) is 0 Å². The lowest BCUT2D eigenvalue weighted by Gasteiger charge is -2.15. The van der Waals surface area contributed by atoms with E-state index in [1.807, 2.05) is 23.4 Å². The Morgan fingerprint density at radius 1 is 1.55 bits per heavy atom. The Bertz CT molecular complexity index is 618. The molecule has 6 heteroatoms. The van der Waals surface area contributed by atoms with Crippen molar-refractivity contribution in [3.8, 4) is 0 Å². The maximum Gasteiger partial charge on any atom is 0.228 e. The van der Waals surface area contributed by atoms with Crippen LogP contribution in [-0.2, 0) is 11.2 Å². The number of amides is 1. The van der Waals surface area contributed by atoms with Gasteiger partial charge in [-0.1, -0.05) is 0 Å². The molecule has 0 spiro atoms. The standard InChI is InChI=1S/C14H18N4OS/c1-9-6-15-17-14(9)11-3-4-18(7-11)13(19)5-12-8-20-10(2)16-12/h6,8,11H,3-5,7H2,1-2H3,(H,15,17)/t11-/m1/s1. The summed E-state index contributed by atoms with van der Waals surface area (Å²) in [5.41, 5.74) is 3.24. The molecule has 1 fully saturated rings. The summed E-state index contributed by atoms with van der Waals surface area (Å²) in [6.07, 6.45) is 3.27. The molecule has 1 N–H and O–H groups in total. The van der Waals surface area contributed by atoms with Crippen molar-refractivity contribution in [2.45, 2.75) is 32.6 Å². The Labute approximate surface area is 122 Å². The van der Waals surface area contributed by atoms with Crippen LogP contribution < -0.4 is 0 Å². The van der Waals surface area contributed by atoms with Gasteiger partial charge in [0, 0.05) is 30.1 Å². The van der Waals surface area contributed by atoms with Gasteiger partial charge in [-0.25, -0.2) is 4.98 Å². The number of aromatic amines is 1. The van der Waals surface area contributed by atoms with Crippen molar-refractivity contribution in [1.82, 2.24) is 20.1 Å². The van der Waals surface area contributed by atoms with E-state index in [0.29, 0.717) is 12.3 Å². The summed E-state index contributed by atoms with van der Waals surface area (Å²) in [5, 5.41) is 10.1. The molecule has 0 saturated carbocycles. The second-order valence-corrected chi connectivity index (χ2v) is 6.39. The molecule has 1 saturated heterocycles. The van der Waals surface area contributed by atoms with E-state index in [9.17, 15) is 4.79 Å². The van der Waals surface area contributed by atoms with Crippen molar-refractivity contribution in [2.24, 2.45) is 0 Å². The van der Waals surface area contributed by atoms with Crippen LogP contribution in [0.1, 0.15) is 34.3 Å². The maximum absolute atomic E-state index is 12.3. The average molecular weight is 290 g/mol. The van der Waals surface area contributed by atoms with Crippen LogP contribution in [0.5, 0.6) is 0 Å². The molecule has 0 unspecified atom stereocenters. The van der Waals surface area contributed by atoms with E-state index in [-0.39, 0.29) is 5.91 Å². The molecule has 2 aromatic rings. The van der Waals surface area contributed by atoms with Crippen LogP contribution in [0.25, 0.3) is 0 Å². The van der Waals surface area contributed by atoms with E-state index in [2.05, 4.69) is 22.1 Å². The zero-order valence-electron chi connectivity index (χ0n) is 11.7. The monoisotopic (exact) mass is 290 g/mol. The summed E-state index contributed by atoms with van der Waals surface area (Å²) in [4.78, 5) is 18.6. The zero-order valence-corrected chi connectivity index (χ0v) is 12.5. The molecule has 0 bridgehead atoms. The van der Waals surface area contributed by atoms with Gasteiger partial charge < -0.3 is 4.90 Å². The van der Waals surface area contributed by atoms with Crippen LogP contribution in [-0.4, -0.2) is 39.1 Å². The van der Waals surface area contributed by atoms with Gasteiger partial charge in [0.1, 0.15) is 0 Å². The number of hydrogen-bond acceptors (Lipinski definition) is 4. The quantitative estimate of drug-likeness (QED) is 0.941. The fourth-order valence-corrected chi connectivity index (χ4v) is 3.36. The minimum atomic E-state index is 0.176. The van der Waals surface area contributed by atoms with Crippen LogP contribution in [0, 0.1) is 13.8 Å². The molecule has 0 aliphatic carbocycles. The van der Waals surface area contributed by atoms with Crippen molar-refractivity contribution >= 4 is 17.2 Å². The highest BCUT2D eigenvalue weighted by molar-refractivity contribution is 7.09. The first-order chi connectivity index (χ1) is 9.63. The number of likely N-dealkylation sites (tertiary alicyclic amines) is 1. The lowest BCUT2D eigenvalue weighted by molar-refractivity contribution is -0.129. The number of nitrogens with one attached hydrogen (secondary N) is 1. The van der Waals surface area contributed by atoms with E-state index in [1.54, 1.807) is 11.3 Å². The van der Waals surface area contributed by atoms with E-state index in [0.717, 1.165) is 30.2 Å². The number of carbonyl (C=O) groups is 1. The Kier molecular flexibility index (Phi) is 3.56. The Hall–Kier alpha value is -1.69. The molecular weight excluding hydrogens is 272 g/mol. The van der Waals surface area contributed by atoms with E-state index >= 15 is 0 Å². The van der Waals surface area contributed by atoms with Gasteiger partial charge in [-0.05, 0) is 25.8 Å². The molecule has 0 aromatic carbocycles. The zero-order chi connectivity index (χ0) is 14.1. The fourth-order valence-electron chi connectivity index (χ4n) is 2.75. The minimum Gasteiger partial charge on any atom is -0.342 e. The van der Waals surface area contributed by atoms with Crippen LogP contribution in [0.4, 0.5) is 0 Å². The largest absolute Gasteiger partial charge is 0.342 e. The smallest absolute Gasteiger partial charge is 0.228 e. The second-order valence-electron chi connectivity index (χ2n) is 5.33. The molecule has 1 aliphatic rings. The molecule has 1 atom stereocenters. The third-order valence-corrected chi connectivity index (χ3v) is 4.64. The summed E-state index contributed by atoms with van der Waals surface area (Å²) >= 11 is 1.59. The van der Waals surface area contributed by atoms with Gasteiger partial charge in [-0.15, -0.1) is 11.3 Å². The van der Waals surface area contributed by atoms with Gasteiger partial charge in [0.2, 0.25) is 5.91 Å². The number of hydrogen-bond donors (Lipinski definition) is 1. The second kappa shape index (κ2) is 5.36. The van der Waals surface area contributed by atoms with E-state index in [1.165, 1.54) is 11.3 Å². The summed E-state index contributed by atoms with van der Waals surface area (Å²) in [6, 6.07) is 0. The van der Waals surface area contributed by atoms with E-state index < -0.39 is 0 Å². The van der Waals surface area contributed by atoms with Gasteiger partial charge in [0.05, 0.1) is 23.3 Å². The maximum atomic E-state index is 12.3. The fraction of sp³-hybridized carbons (Fsp3) is 0.500. The normalized spacial score (nSPS) is 18.7. The highest BCUT2D eigenvalue weighted by atomic mass is 32.1. The number of thiazole rings is 1. The molecule has 1 amide bonds. The van der Waals surface area contributed by atoms with Gasteiger partial charge in [0.15, 0.2) is 0 Å². The van der Waals surface area contributed by atoms with Crippen molar-refractivity contribution < 1.29 is 4.79 Å². The molecule has 3 rings (SSSR count). The first kappa shape index (κ1) is 13.3. The number of carbonyl (C=O) groups excluding carboxylic acids is 1. The van der Waals surface area contributed by atoms with Crippen molar-refractivity contribution in [3.05, 3.63) is 33.5 Å². The molecule has 20 heavy (non-hydrogen) atoms.